The molecule has 2 unspecified atom stereocenters. The summed E-state index contributed by atoms with van der Waals surface area (Å²) in [7, 11) is 3.36. The number of ether oxygens (including phenoxy) is 2. The van der Waals surface area contributed by atoms with Crippen LogP contribution in [-0.4, -0.2) is 19.3 Å². The van der Waals surface area contributed by atoms with Gasteiger partial charge in [-0.3, -0.25) is 0 Å². The minimum Gasteiger partial charge on any atom is -0.507 e. The second kappa shape index (κ2) is 5.19. The lowest BCUT2D eigenvalue weighted by molar-refractivity contribution is 0.353. The summed E-state index contributed by atoms with van der Waals surface area (Å²) in [5.74, 6) is 2.94. The highest BCUT2D eigenvalue weighted by Gasteiger charge is 2.41. The van der Waals surface area contributed by atoms with E-state index in [1.54, 1.807) is 14.2 Å². The molecule has 136 valence electrons. The fourth-order valence-electron chi connectivity index (χ4n) is 6.00. The molecule has 0 aliphatic heterocycles. The van der Waals surface area contributed by atoms with Crippen molar-refractivity contribution >= 4 is 10.8 Å². The van der Waals surface area contributed by atoms with E-state index in [-0.39, 0.29) is 0 Å². The van der Waals surface area contributed by atoms with Crippen molar-refractivity contribution in [1.29, 1.82) is 0 Å². The van der Waals surface area contributed by atoms with Crippen LogP contribution in [-0.2, 0) is 6.42 Å². The average Bonchev–Trinajstić information content (AvgIpc) is 3.18. The lowest BCUT2D eigenvalue weighted by Crippen LogP contribution is -2.18. The molecule has 0 bridgehead atoms. The second-order valence-corrected chi connectivity index (χ2v) is 8.08. The van der Waals surface area contributed by atoms with Crippen LogP contribution < -0.4 is 9.47 Å². The van der Waals surface area contributed by atoms with Crippen molar-refractivity contribution in [3.63, 3.8) is 0 Å². The number of phenols is 1. The molecule has 3 aliphatic rings. The smallest absolute Gasteiger partial charge is 0.164 e. The zero-order valence-electron chi connectivity index (χ0n) is 15.6. The van der Waals surface area contributed by atoms with E-state index in [1.165, 1.54) is 47.1 Å². The SMILES string of the molecule is COc1cc2c(O)cc3c4c2c(c1OC)Cc1cccc(c1-4)C1CCCC31. The molecule has 1 fully saturated rings. The van der Waals surface area contributed by atoms with Crippen LogP contribution in [0.3, 0.4) is 0 Å². The lowest BCUT2D eigenvalue weighted by Gasteiger charge is -2.36. The largest absolute Gasteiger partial charge is 0.507 e. The summed E-state index contributed by atoms with van der Waals surface area (Å²) in [6, 6.07) is 10.8. The molecule has 0 heterocycles. The second-order valence-electron chi connectivity index (χ2n) is 8.08. The third-order valence-corrected chi connectivity index (χ3v) is 6.99. The molecule has 2 atom stereocenters. The molecular formula is C24H22O3. The fourth-order valence-corrected chi connectivity index (χ4v) is 6.00. The molecule has 0 aromatic heterocycles. The third-order valence-electron chi connectivity index (χ3n) is 6.99. The van der Waals surface area contributed by atoms with E-state index in [0.29, 0.717) is 23.3 Å². The summed E-state index contributed by atoms with van der Waals surface area (Å²) in [5.41, 5.74) is 8.09. The first kappa shape index (κ1) is 15.4. The molecule has 6 rings (SSSR count). The van der Waals surface area contributed by atoms with E-state index in [4.69, 9.17) is 9.47 Å². The fraction of sp³-hybridized carbons (Fsp3) is 0.333. The highest BCUT2D eigenvalue weighted by Crippen LogP contribution is 2.61. The minimum atomic E-state index is 0.361. The van der Waals surface area contributed by atoms with Crippen LogP contribution in [0, 0.1) is 0 Å². The van der Waals surface area contributed by atoms with Crippen molar-refractivity contribution in [3.8, 4) is 28.4 Å². The van der Waals surface area contributed by atoms with Gasteiger partial charge in [-0.1, -0.05) is 24.6 Å². The van der Waals surface area contributed by atoms with E-state index in [9.17, 15) is 5.11 Å². The van der Waals surface area contributed by atoms with Gasteiger partial charge in [0.15, 0.2) is 11.5 Å². The zero-order valence-corrected chi connectivity index (χ0v) is 15.6. The van der Waals surface area contributed by atoms with Gasteiger partial charge >= 0.3 is 0 Å². The van der Waals surface area contributed by atoms with Crippen molar-refractivity contribution in [1.82, 2.24) is 0 Å². The van der Waals surface area contributed by atoms with E-state index < -0.39 is 0 Å². The Morgan fingerprint density at radius 1 is 0.963 bits per heavy atom. The van der Waals surface area contributed by atoms with Crippen LogP contribution in [0.5, 0.6) is 17.2 Å². The Hall–Kier alpha value is -2.68. The van der Waals surface area contributed by atoms with E-state index in [1.807, 2.05) is 12.1 Å². The molecule has 0 saturated heterocycles. The monoisotopic (exact) mass is 358 g/mol. The predicted molar refractivity (Wildman–Crippen MR) is 106 cm³/mol. The highest BCUT2D eigenvalue weighted by atomic mass is 16.5. The Morgan fingerprint density at radius 3 is 2.56 bits per heavy atom. The lowest BCUT2D eigenvalue weighted by atomic mass is 9.67. The van der Waals surface area contributed by atoms with E-state index in [2.05, 4.69) is 18.2 Å². The molecule has 0 amide bonds. The number of rotatable bonds is 2. The minimum absolute atomic E-state index is 0.361. The predicted octanol–water partition coefficient (Wildman–Crippen LogP) is 5.50. The van der Waals surface area contributed by atoms with Crippen LogP contribution in [0.2, 0.25) is 0 Å². The number of benzene rings is 3. The standard InChI is InChI=1S/C24H22O3/c1-26-20-11-17-19(25)10-16-14-7-4-6-13(14)15-8-3-5-12-9-18(24(20)27-2)22(17)23(16)21(12)15/h3,5,8,10-11,13-14,25H,4,6-7,9H2,1-2H3. The first-order chi connectivity index (χ1) is 13.2. The number of hydrogen-bond acceptors (Lipinski definition) is 3. The molecule has 3 heteroatoms. The van der Waals surface area contributed by atoms with Gasteiger partial charge in [-0.25, -0.2) is 0 Å². The molecule has 0 spiro atoms. The summed E-state index contributed by atoms with van der Waals surface area (Å²) >= 11 is 0. The van der Waals surface area contributed by atoms with Crippen molar-refractivity contribution in [2.75, 3.05) is 14.2 Å². The Labute approximate surface area is 158 Å². The number of aromatic hydroxyl groups is 1. The summed E-state index contributed by atoms with van der Waals surface area (Å²) in [5, 5.41) is 13.0. The Kier molecular flexibility index (Phi) is 2.96. The number of hydrogen-bond donors (Lipinski definition) is 1. The molecule has 1 N–H and O–H groups in total. The van der Waals surface area contributed by atoms with E-state index >= 15 is 0 Å². The average molecular weight is 358 g/mol. The number of fused-ring (bicyclic) bond motifs is 3. The maximum Gasteiger partial charge on any atom is 0.164 e. The van der Waals surface area contributed by atoms with Gasteiger partial charge in [0.2, 0.25) is 0 Å². The van der Waals surface area contributed by atoms with Crippen LogP contribution in [0.1, 0.15) is 53.4 Å². The quantitative estimate of drug-likeness (QED) is 0.514. The topological polar surface area (TPSA) is 38.7 Å². The van der Waals surface area contributed by atoms with Gasteiger partial charge in [-0.15, -0.1) is 0 Å². The van der Waals surface area contributed by atoms with Crippen LogP contribution in [0.4, 0.5) is 0 Å². The van der Waals surface area contributed by atoms with Crippen LogP contribution in [0.25, 0.3) is 21.9 Å². The molecule has 3 aromatic carbocycles. The van der Waals surface area contributed by atoms with Gasteiger partial charge in [0, 0.05) is 22.8 Å². The number of phenolic OH excluding ortho intramolecular Hbond substituents is 1. The first-order valence-electron chi connectivity index (χ1n) is 9.78. The van der Waals surface area contributed by atoms with Crippen molar-refractivity contribution in [3.05, 3.63) is 52.6 Å². The van der Waals surface area contributed by atoms with Crippen LogP contribution in [0.15, 0.2) is 30.3 Å². The maximum atomic E-state index is 10.9. The normalized spacial score (nSPS) is 21.3. The molecular weight excluding hydrogens is 336 g/mol. The summed E-state index contributed by atoms with van der Waals surface area (Å²) in [4.78, 5) is 0. The molecule has 3 nitrogen and oxygen atoms in total. The number of methoxy groups -OCH3 is 2. The summed E-state index contributed by atoms with van der Waals surface area (Å²) in [6.45, 7) is 0. The van der Waals surface area contributed by atoms with Crippen molar-refractivity contribution < 1.29 is 14.6 Å². The van der Waals surface area contributed by atoms with Gasteiger partial charge < -0.3 is 14.6 Å². The Balaban J connectivity index is 1.84. The summed E-state index contributed by atoms with van der Waals surface area (Å²) in [6.07, 6.45) is 4.52. The van der Waals surface area contributed by atoms with Gasteiger partial charge in [-0.05, 0) is 64.6 Å². The highest BCUT2D eigenvalue weighted by molar-refractivity contribution is 6.09. The van der Waals surface area contributed by atoms with Gasteiger partial charge in [0.05, 0.1) is 14.2 Å². The molecule has 3 aromatic rings. The molecule has 27 heavy (non-hydrogen) atoms. The third kappa shape index (κ3) is 1.77. The van der Waals surface area contributed by atoms with Gasteiger partial charge in [-0.2, -0.15) is 0 Å². The van der Waals surface area contributed by atoms with Crippen molar-refractivity contribution in [2.45, 2.75) is 37.5 Å². The first-order valence-corrected chi connectivity index (χ1v) is 9.78. The summed E-state index contributed by atoms with van der Waals surface area (Å²) < 4.78 is 11.4. The van der Waals surface area contributed by atoms with E-state index in [0.717, 1.165) is 28.5 Å². The van der Waals surface area contributed by atoms with Crippen molar-refractivity contribution in [2.24, 2.45) is 0 Å². The van der Waals surface area contributed by atoms with Gasteiger partial charge in [0.25, 0.3) is 0 Å². The van der Waals surface area contributed by atoms with Gasteiger partial charge in [0.1, 0.15) is 5.75 Å². The zero-order chi connectivity index (χ0) is 18.3. The Morgan fingerprint density at radius 2 is 1.78 bits per heavy atom. The Bertz CT molecular complexity index is 1130. The molecule has 1 saturated carbocycles. The van der Waals surface area contributed by atoms with Crippen LogP contribution >= 0.6 is 0 Å². The molecule has 3 aliphatic carbocycles. The maximum absolute atomic E-state index is 10.9. The molecule has 0 radical (unpaired) electrons.